The van der Waals surface area contributed by atoms with Gasteiger partial charge in [-0.3, -0.25) is 14.4 Å². The van der Waals surface area contributed by atoms with Gasteiger partial charge in [0, 0.05) is 0 Å². The van der Waals surface area contributed by atoms with Gasteiger partial charge in [-0.1, -0.05) is 71.8 Å². The molecule has 26 N–H and O–H groups in total. The van der Waals surface area contributed by atoms with Crippen molar-refractivity contribution in [3.63, 3.8) is 0 Å². The molecule has 12 aliphatic carbocycles. The number of allylic oxidation sites excluding steroid dienone is 2. The monoisotopic (exact) mass is 2090 g/mol. The molecule has 7 saturated heterocycles. The molecule has 35 unspecified atom stereocenters. The average Bonchev–Trinajstić information content (AvgIpc) is 1.50. The van der Waals surface area contributed by atoms with Crippen molar-refractivity contribution in [2.24, 2.45) is 89.7 Å². The molecule has 146 heavy (non-hydrogen) atoms. The molecule has 7 aliphatic heterocycles. The second-order valence-electron chi connectivity index (χ2n) is 48.9. The van der Waals surface area contributed by atoms with Crippen LogP contribution in [0, 0.1) is 89.7 Å². The fourth-order valence-electron chi connectivity index (χ4n) is 33.3. The number of aliphatic carboxylic acids is 1. The highest BCUT2D eigenvalue weighted by Gasteiger charge is 2.74. The number of carboxylic acid groups (broad SMARTS) is 1. The number of esters is 2. The Kier molecular flexibility index (Phi) is 32.5. The third-order valence-corrected chi connectivity index (χ3v) is 41.0. The lowest BCUT2D eigenvalue weighted by molar-refractivity contribution is -0.400. The maximum absolute atomic E-state index is 14.1. The van der Waals surface area contributed by atoms with Crippen molar-refractivity contribution < 1.29 is 213 Å². The number of hydrogen-bond donors (Lipinski definition) is 26. The van der Waals surface area contributed by atoms with E-state index in [1.54, 1.807) is 0 Å². The van der Waals surface area contributed by atoms with Crippen LogP contribution in [0.4, 0.5) is 0 Å². The Bertz CT molecular complexity index is 4640. The molecule has 832 valence electrons. The first kappa shape index (κ1) is 113. The summed E-state index contributed by atoms with van der Waals surface area (Å²) in [5, 5.41) is 270. The minimum absolute atomic E-state index is 0.00952. The molecule has 6 bridgehead atoms. The molecule has 0 amide bonds. The van der Waals surface area contributed by atoms with Gasteiger partial charge in [0.05, 0.1) is 73.7 Å². The first-order valence-corrected chi connectivity index (χ1v) is 52.8. The lowest BCUT2D eigenvalue weighted by Crippen LogP contribution is -2.68. The summed E-state index contributed by atoms with van der Waals surface area (Å²) >= 11 is 0. The molecule has 18 fully saturated rings. The van der Waals surface area contributed by atoms with Crippen LogP contribution < -0.4 is 0 Å². The van der Waals surface area contributed by atoms with E-state index in [9.17, 15) is 147 Å². The Morgan fingerprint density at radius 3 is 1.08 bits per heavy atom. The molecule has 3 spiro atoms. The average molecular weight is 2090 g/mol. The van der Waals surface area contributed by atoms with E-state index in [4.69, 9.17) is 66.3 Å². The van der Waals surface area contributed by atoms with Crippen LogP contribution in [0.2, 0.25) is 0 Å². The molecular weight excluding hydrogens is 1930 g/mol. The van der Waals surface area contributed by atoms with Gasteiger partial charge in [-0.15, -0.1) is 0 Å². The summed E-state index contributed by atoms with van der Waals surface area (Å²) in [5.41, 5.74) is -1.94. The second kappa shape index (κ2) is 41.9. The number of aliphatic hydroxyl groups is 25. The van der Waals surface area contributed by atoms with Crippen LogP contribution in [-0.4, -0.2) is 423 Å². The molecule has 7 heterocycles. The molecule has 53 atom stereocenters. The number of carboxylic acids is 1. The molecule has 11 saturated carbocycles. The molecule has 0 aromatic rings. The molecule has 43 heteroatoms. The highest BCUT2D eigenvalue weighted by molar-refractivity contribution is 5.78. The topological polar surface area (TPSA) is 706 Å². The van der Waals surface area contributed by atoms with Crippen LogP contribution in [-0.2, 0) is 80.7 Å². The van der Waals surface area contributed by atoms with Crippen molar-refractivity contribution in [2.75, 3.05) is 46.2 Å². The number of aliphatic hydroxyl groups excluding tert-OH is 25. The minimum Gasteiger partial charge on any atom is -0.481 e. The van der Waals surface area contributed by atoms with Crippen LogP contribution in [0.3, 0.4) is 0 Å². The van der Waals surface area contributed by atoms with Crippen molar-refractivity contribution in [3.8, 4) is 0 Å². The first-order chi connectivity index (χ1) is 68.7. The summed E-state index contributed by atoms with van der Waals surface area (Å²) in [6.07, 6.45) is -32.8. The molecule has 0 aromatic heterocycles. The molecular formula is C103H162O43. The predicted octanol–water partition coefficient (Wildman–Crippen LogP) is -2.62. The highest BCUT2D eigenvalue weighted by Crippen LogP contribution is 2.78. The fraction of sp³-hybridized carbons (Fsp3) is 0.913. The maximum Gasteiger partial charge on any atom is 0.314 e. The highest BCUT2D eigenvalue weighted by atomic mass is 16.8. The van der Waals surface area contributed by atoms with E-state index in [-0.39, 0.29) is 62.1 Å². The summed E-state index contributed by atoms with van der Waals surface area (Å²) in [4.78, 5) is 40.5. The largest absolute Gasteiger partial charge is 0.481 e. The number of hydrogen-bond acceptors (Lipinski definition) is 42. The molecule has 0 radical (unpaired) electrons. The van der Waals surface area contributed by atoms with E-state index in [1.165, 1.54) is 24.8 Å². The third kappa shape index (κ3) is 18.7. The molecule has 19 rings (SSSR count). The van der Waals surface area contributed by atoms with Crippen molar-refractivity contribution in [3.05, 3.63) is 36.0 Å². The molecule has 43 nitrogen and oxygen atoms in total. The summed E-state index contributed by atoms with van der Waals surface area (Å²) < 4.78 is 83.1. The minimum atomic E-state index is -1.91. The summed E-state index contributed by atoms with van der Waals surface area (Å²) in [6, 6.07) is 0. The third-order valence-electron chi connectivity index (χ3n) is 41.0. The van der Waals surface area contributed by atoms with Gasteiger partial charge in [-0.2, -0.15) is 0 Å². The van der Waals surface area contributed by atoms with Gasteiger partial charge in [0.15, 0.2) is 31.5 Å². The van der Waals surface area contributed by atoms with Gasteiger partial charge in [0.2, 0.25) is 12.6 Å². The zero-order chi connectivity index (χ0) is 106. The van der Waals surface area contributed by atoms with E-state index in [2.05, 4.69) is 46.9 Å². The summed E-state index contributed by atoms with van der Waals surface area (Å²) in [6.45, 7) is 21.0. The van der Waals surface area contributed by atoms with Crippen LogP contribution >= 0.6 is 0 Å². The first-order valence-electron chi connectivity index (χ1n) is 52.8. The molecule has 0 aromatic carbocycles. The van der Waals surface area contributed by atoms with Gasteiger partial charge >= 0.3 is 17.9 Å². The van der Waals surface area contributed by atoms with Gasteiger partial charge < -0.3 is 199 Å². The van der Waals surface area contributed by atoms with Crippen LogP contribution in [0.5, 0.6) is 0 Å². The smallest absolute Gasteiger partial charge is 0.314 e. The van der Waals surface area contributed by atoms with Crippen molar-refractivity contribution >= 4 is 17.9 Å². The quantitative estimate of drug-likeness (QED) is 0.0300. The zero-order valence-corrected chi connectivity index (χ0v) is 84.6. The predicted molar refractivity (Wildman–Crippen MR) is 497 cm³/mol. The maximum atomic E-state index is 14.1. The Morgan fingerprint density at radius 2 is 0.637 bits per heavy atom. The fourth-order valence-corrected chi connectivity index (χ4v) is 33.3. The van der Waals surface area contributed by atoms with Gasteiger partial charge in [0.1, 0.15) is 171 Å². The van der Waals surface area contributed by atoms with E-state index < -0.39 is 307 Å². The lowest BCUT2D eigenvalue weighted by Gasteiger charge is -2.64. The van der Waals surface area contributed by atoms with Crippen LogP contribution in [0.1, 0.15) is 222 Å². The van der Waals surface area contributed by atoms with E-state index in [0.29, 0.717) is 88.4 Å². The van der Waals surface area contributed by atoms with Crippen molar-refractivity contribution in [2.45, 2.75) is 448 Å². The summed E-state index contributed by atoms with van der Waals surface area (Å²) in [7, 11) is 0. The van der Waals surface area contributed by atoms with Crippen molar-refractivity contribution in [1.29, 1.82) is 0 Å². The Morgan fingerprint density at radius 1 is 0.315 bits per heavy atom. The Labute approximate surface area is 848 Å². The van der Waals surface area contributed by atoms with Gasteiger partial charge in [0.25, 0.3) is 0 Å². The lowest BCUT2D eigenvalue weighted by atomic mass is 9.40. The second-order valence-corrected chi connectivity index (χ2v) is 48.9. The van der Waals surface area contributed by atoms with E-state index in [0.717, 1.165) is 81.8 Å². The van der Waals surface area contributed by atoms with Gasteiger partial charge in [-0.25, -0.2) is 0 Å². The molecule has 19 aliphatic rings. The number of carbonyl (C=O) groups is 3. The van der Waals surface area contributed by atoms with E-state index in [1.807, 2.05) is 27.7 Å². The number of fused-ring (bicyclic) bond motifs is 9. The van der Waals surface area contributed by atoms with Crippen LogP contribution in [0.25, 0.3) is 0 Å². The zero-order valence-electron chi connectivity index (χ0n) is 84.6. The van der Waals surface area contributed by atoms with Crippen molar-refractivity contribution in [1.82, 2.24) is 0 Å². The number of carbonyl (C=O) groups excluding carboxylic acids is 2. The summed E-state index contributed by atoms with van der Waals surface area (Å²) in [5.74, 6) is -0.870. The normalized spacial score (nSPS) is 54.6. The van der Waals surface area contributed by atoms with Crippen LogP contribution in [0.15, 0.2) is 36.0 Å². The number of ether oxygens (including phenoxy) is 14. The standard InChI is InChI=1S/2C38H60O18.C27H42O7/c1-16-11-37-9-5-20-35(2,7-4-8-36(20,3)34(50)55-32-28(48)26(46)23(43)18(13-40)52-32)21(37)6-10-38(16,15-37)56-33-29(49)30(24(44)19(14-41)53-33)54-31-27(47)25(45)22(42)17(12-39)51-31;1-16-11-37-9-5-20-35(2,7-4-8-36(20,3)34(49)50)21(37)6-10-38(16,15-37)56-33-30(55-32-28(48)26(46)23(43)18(13-40)52-32)29(24(44)19(14-41)53-33)54-31-27(47)25(45)22(42)17(12-39)51-31;1-15-12-27-11-7-17-25(3,18(27)6-10-24(15,2)14-27)8-5-9-26(17,4)23(32)34-22-21(31)20(30)19(29)16(13-28)33-22/h17-33,39-49H,1,4-15H2,2-3H3;11,17-33,39-48H,4-10,12-15H2,1-3H3,(H,49,50);16-22,28-31H,1,5-14H2,2-4H3/t2*17?,18?,19?,20-,21-,22?,23?,24?,25?,26?,27?,28?,29?,30?,31?,32?,33?,35+,36+,37+,38-;16?,17-,18-,19?,20?,21?,22?,24+,25+,26+,27+/m000/s1. The SMILES string of the molecule is C=C1C[C@@]23CC[C@H]4[C@@](C)(CCC[C@@]4(C)C(=O)OC4OC(CO)C(O)C(O)C4O)[C@@H]2CC[C@]1(C)C3.C=C1C[C@@]23CC[C@H]4[C@@](C)(CCC[C@@]4(C)C(=O)OC4OC(CO)C(O)C(O)C4O)[C@@H]2CC[C@]1(OC1OC(CO)C(O)C(OC2OC(CO)C(O)C(O)C2O)C1O)C3.CC1=C[C@@]23CC[C@H]4[C@@](C)(CCC[C@@]4(C)C(=O)O)[C@@H]2CC[C@]1(OC1OC(CO)C(O)C(OC2OC(CO)C(O)C(O)C2O)C1OC1OC(CO)C(O)C(O)C1O)C3. The van der Waals surface area contributed by atoms with E-state index >= 15 is 0 Å². The number of rotatable bonds is 22. The Balaban J connectivity index is 0.000000155. The Hall–Kier alpha value is -3.85. The van der Waals surface area contributed by atoms with Gasteiger partial charge in [-0.05, 0) is 260 Å².